The van der Waals surface area contributed by atoms with E-state index in [1.807, 2.05) is 0 Å². The molecule has 1 aromatic rings. The maximum atomic E-state index is 10.7. The average molecular weight is 229 g/mol. The van der Waals surface area contributed by atoms with Gasteiger partial charge in [0.05, 0.1) is 10.6 Å². The number of nitrogens with one attached hydrogen (secondary N) is 1. The molecule has 0 unspecified atom stereocenters. The highest BCUT2D eigenvalue weighted by atomic mass is 32.2. The molecule has 1 rings (SSSR count). The molecule has 0 fully saturated rings. The van der Waals surface area contributed by atoms with E-state index in [1.54, 1.807) is 0 Å². The number of carbonyl (C=O) groups is 1. The molecule has 0 spiro atoms. The van der Waals surface area contributed by atoms with Gasteiger partial charge >= 0.3 is 0 Å². The lowest BCUT2D eigenvalue weighted by Crippen LogP contribution is -2.25. The highest BCUT2D eigenvalue weighted by molar-refractivity contribution is 7.85. The fourth-order valence-corrected chi connectivity index (χ4v) is 1.38. The summed E-state index contributed by atoms with van der Waals surface area (Å²) >= 11 is 0. The largest absolute Gasteiger partial charge is 0.294 e. The molecule has 2 N–H and O–H groups in total. The molecule has 7 heteroatoms. The molecular formula is C8H9N2O4S. The first-order chi connectivity index (χ1) is 6.89. The summed E-state index contributed by atoms with van der Waals surface area (Å²) in [5.74, 6) is -0.368. The van der Waals surface area contributed by atoms with Gasteiger partial charge in [0.2, 0.25) is 5.91 Å². The van der Waals surface area contributed by atoms with Crippen molar-refractivity contribution in [3.63, 3.8) is 0 Å². The highest BCUT2D eigenvalue weighted by Gasteiger charge is 2.09. The second kappa shape index (κ2) is 4.28. The Morgan fingerprint density at radius 1 is 1.47 bits per heavy atom. The maximum Gasteiger partial charge on any atom is 0.294 e. The predicted octanol–water partition coefficient (Wildman–Crippen LogP) is 0.220. The number of benzene rings is 1. The summed E-state index contributed by atoms with van der Waals surface area (Å²) in [5, 5.41) is 0. The van der Waals surface area contributed by atoms with Crippen molar-refractivity contribution in [2.24, 2.45) is 0 Å². The molecule has 0 heterocycles. The second-order valence-corrected chi connectivity index (χ2v) is 4.17. The fourth-order valence-electron chi connectivity index (χ4n) is 0.857. The van der Waals surface area contributed by atoms with Crippen molar-refractivity contribution in [2.75, 3.05) is 0 Å². The van der Waals surface area contributed by atoms with E-state index in [1.165, 1.54) is 25.1 Å². The number of hydrogen-bond acceptors (Lipinski definition) is 3. The first kappa shape index (κ1) is 11.5. The van der Waals surface area contributed by atoms with Crippen LogP contribution < -0.4 is 10.9 Å². The molecule has 1 aromatic carbocycles. The molecule has 0 saturated carbocycles. The van der Waals surface area contributed by atoms with Crippen LogP contribution in [0.1, 0.15) is 6.92 Å². The standard InChI is InChI=1S/C8H9N2O4S/c1-6(11)9-10-7-3-2-4-8(5-7)15(12,13)14/h2-5H,1H3,(H,9,11)(H,12,13,14). The zero-order valence-electron chi connectivity index (χ0n) is 7.84. The molecule has 0 bridgehead atoms. The van der Waals surface area contributed by atoms with Crippen LogP contribution in [0.3, 0.4) is 0 Å². The van der Waals surface area contributed by atoms with E-state index in [0.717, 1.165) is 6.07 Å². The van der Waals surface area contributed by atoms with E-state index in [9.17, 15) is 13.2 Å². The fraction of sp³-hybridized carbons (Fsp3) is 0.125. The van der Waals surface area contributed by atoms with Gasteiger partial charge in [-0.15, -0.1) is 0 Å². The Kier molecular flexibility index (Phi) is 3.28. The molecule has 0 aliphatic carbocycles. The lowest BCUT2D eigenvalue weighted by molar-refractivity contribution is -0.119. The van der Waals surface area contributed by atoms with Crippen LogP contribution in [0.15, 0.2) is 29.2 Å². The van der Waals surface area contributed by atoms with Crippen LogP contribution in [-0.2, 0) is 14.9 Å². The third-order valence-corrected chi connectivity index (χ3v) is 2.31. The zero-order chi connectivity index (χ0) is 11.5. The van der Waals surface area contributed by atoms with E-state index in [2.05, 4.69) is 10.9 Å². The van der Waals surface area contributed by atoms with E-state index in [4.69, 9.17) is 4.55 Å². The molecule has 0 saturated heterocycles. The van der Waals surface area contributed by atoms with Crippen molar-refractivity contribution in [3.8, 4) is 0 Å². The number of carbonyl (C=O) groups excluding carboxylic acids is 1. The summed E-state index contributed by atoms with van der Waals surface area (Å²) in [6, 6.07) is 5.27. The van der Waals surface area contributed by atoms with Gasteiger partial charge in [-0.25, -0.2) is 5.43 Å². The first-order valence-electron chi connectivity index (χ1n) is 3.94. The Balaban J connectivity index is 2.89. The topological polar surface area (TPSA) is 97.6 Å². The van der Waals surface area contributed by atoms with Crippen molar-refractivity contribution >= 4 is 21.7 Å². The normalized spacial score (nSPS) is 10.8. The van der Waals surface area contributed by atoms with Crippen LogP contribution in [0.4, 0.5) is 5.69 Å². The minimum atomic E-state index is -4.24. The van der Waals surface area contributed by atoms with Crippen molar-refractivity contribution in [1.82, 2.24) is 10.9 Å². The van der Waals surface area contributed by atoms with Gasteiger partial charge in [0.15, 0.2) is 0 Å². The Bertz CT molecular complexity index is 469. The van der Waals surface area contributed by atoms with Gasteiger partial charge in [0, 0.05) is 6.92 Å². The van der Waals surface area contributed by atoms with Gasteiger partial charge in [-0.05, 0) is 18.2 Å². The van der Waals surface area contributed by atoms with Crippen LogP contribution in [0.25, 0.3) is 0 Å². The first-order valence-corrected chi connectivity index (χ1v) is 5.38. The summed E-state index contributed by atoms with van der Waals surface area (Å²) in [6.07, 6.45) is 0. The minimum Gasteiger partial charge on any atom is -0.282 e. The second-order valence-electron chi connectivity index (χ2n) is 2.75. The minimum absolute atomic E-state index is 0.236. The maximum absolute atomic E-state index is 10.7. The molecule has 1 amide bonds. The van der Waals surface area contributed by atoms with Gasteiger partial charge < -0.3 is 0 Å². The van der Waals surface area contributed by atoms with Crippen molar-refractivity contribution < 1.29 is 17.8 Å². The smallest absolute Gasteiger partial charge is 0.282 e. The molecule has 6 nitrogen and oxygen atoms in total. The van der Waals surface area contributed by atoms with Crippen LogP contribution in [0.5, 0.6) is 0 Å². The van der Waals surface area contributed by atoms with Gasteiger partial charge in [-0.3, -0.25) is 9.35 Å². The summed E-state index contributed by atoms with van der Waals surface area (Å²) in [6.45, 7) is 1.27. The molecule has 81 valence electrons. The summed E-state index contributed by atoms with van der Waals surface area (Å²) in [7, 11) is -4.24. The summed E-state index contributed by atoms with van der Waals surface area (Å²) < 4.78 is 30.2. The molecular weight excluding hydrogens is 220 g/mol. The average Bonchev–Trinajstić information content (AvgIpc) is 2.14. The predicted molar refractivity (Wildman–Crippen MR) is 51.9 cm³/mol. The quantitative estimate of drug-likeness (QED) is 0.572. The lowest BCUT2D eigenvalue weighted by atomic mass is 10.3. The Morgan fingerprint density at radius 2 is 2.13 bits per heavy atom. The number of hydrogen-bond donors (Lipinski definition) is 2. The Hall–Kier alpha value is -1.60. The number of amides is 1. The van der Waals surface area contributed by atoms with Crippen molar-refractivity contribution in [3.05, 3.63) is 24.3 Å². The zero-order valence-corrected chi connectivity index (χ0v) is 8.65. The molecule has 15 heavy (non-hydrogen) atoms. The van der Waals surface area contributed by atoms with Crippen LogP contribution in [0, 0.1) is 0 Å². The van der Waals surface area contributed by atoms with E-state index in [0.29, 0.717) is 0 Å². The van der Waals surface area contributed by atoms with Crippen LogP contribution in [0.2, 0.25) is 0 Å². The van der Waals surface area contributed by atoms with Gasteiger partial charge in [-0.1, -0.05) is 6.07 Å². The monoisotopic (exact) mass is 229 g/mol. The third kappa shape index (κ3) is 3.56. The Morgan fingerprint density at radius 3 is 2.67 bits per heavy atom. The van der Waals surface area contributed by atoms with E-state index < -0.39 is 10.1 Å². The van der Waals surface area contributed by atoms with E-state index in [-0.39, 0.29) is 16.5 Å². The molecule has 0 aromatic heterocycles. The SMILES string of the molecule is CC(=O)N[N]c1cccc(S(=O)(=O)O)c1. The van der Waals surface area contributed by atoms with Gasteiger partial charge in [-0.2, -0.15) is 13.8 Å². The Labute approximate surface area is 87.0 Å². The van der Waals surface area contributed by atoms with E-state index >= 15 is 0 Å². The molecule has 0 aliphatic heterocycles. The number of rotatable bonds is 3. The van der Waals surface area contributed by atoms with Crippen molar-refractivity contribution in [2.45, 2.75) is 11.8 Å². The van der Waals surface area contributed by atoms with Crippen LogP contribution in [-0.4, -0.2) is 18.9 Å². The summed E-state index contributed by atoms with van der Waals surface area (Å²) in [5.41, 5.74) is 5.99. The lowest BCUT2D eigenvalue weighted by Gasteiger charge is -2.03. The van der Waals surface area contributed by atoms with Gasteiger partial charge in [0.1, 0.15) is 0 Å². The highest BCUT2D eigenvalue weighted by Crippen LogP contribution is 2.14. The third-order valence-electron chi connectivity index (χ3n) is 1.46. The summed E-state index contributed by atoms with van der Waals surface area (Å²) in [4.78, 5) is 10.3. The molecule has 0 aliphatic rings. The molecule has 0 atom stereocenters. The van der Waals surface area contributed by atoms with Gasteiger partial charge in [0.25, 0.3) is 10.1 Å². The van der Waals surface area contributed by atoms with Crippen molar-refractivity contribution in [1.29, 1.82) is 0 Å². The van der Waals surface area contributed by atoms with Crippen LogP contribution >= 0.6 is 0 Å². The molecule has 1 radical (unpaired) electrons. The number of nitrogens with zero attached hydrogens (tertiary/aromatic N) is 1.